The number of phenolic OH excluding ortho intramolecular Hbond substituents is 1. The van der Waals surface area contributed by atoms with Crippen LogP contribution in [0.25, 0.3) is 11.3 Å². The fraction of sp³-hybridized carbons (Fsp3) is 0.158. The van der Waals surface area contributed by atoms with E-state index < -0.39 is 0 Å². The van der Waals surface area contributed by atoms with Gasteiger partial charge in [-0.05, 0) is 24.6 Å². The molecule has 5 heteroatoms. The number of nitrogens with zero attached hydrogens (tertiary/aromatic N) is 2. The van der Waals surface area contributed by atoms with Gasteiger partial charge in [-0.15, -0.1) is 0 Å². The molecular formula is C19H17N3O2. The average molecular weight is 319 g/mol. The number of aromatic hydroxyl groups is 1. The number of aryl methyl sites for hydroxylation is 1. The molecule has 0 unspecified atom stereocenters. The summed E-state index contributed by atoms with van der Waals surface area (Å²) in [4.78, 5) is 14.3. The summed E-state index contributed by atoms with van der Waals surface area (Å²) in [5.41, 5.74) is 5.31. The summed E-state index contributed by atoms with van der Waals surface area (Å²) in [5.74, 6) is 0.130. The van der Waals surface area contributed by atoms with Gasteiger partial charge in [0.15, 0.2) is 0 Å². The van der Waals surface area contributed by atoms with Gasteiger partial charge in [0.2, 0.25) is 0 Å². The van der Waals surface area contributed by atoms with Crippen LogP contribution in [0.1, 0.15) is 33.2 Å². The molecule has 0 spiro atoms. The Morgan fingerprint density at radius 1 is 1.08 bits per heavy atom. The fourth-order valence-electron chi connectivity index (χ4n) is 3.25. The highest BCUT2D eigenvalue weighted by Crippen LogP contribution is 2.42. The van der Waals surface area contributed by atoms with Gasteiger partial charge in [-0.25, -0.2) is 0 Å². The minimum Gasteiger partial charge on any atom is -0.508 e. The van der Waals surface area contributed by atoms with E-state index in [0.29, 0.717) is 5.69 Å². The number of carbonyl (C=O) groups excluding carboxylic acids is 1. The second-order valence-electron chi connectivity index (χ2n) is 6.14. The highest BCUT2D eigenvalue weighted by Gasteiger charge is 2.40. The lowest BCUT2D eigenvalue weighted by atomic mass is 9.96. The van der Waals surface area contributed by atoms with Crippen LogP contribution in [0, 0.1) is 6.92 Å². The van der Waals surface area contributed by atoms with Gasteiger partial charge in [0.05, 0.1) is 11.7 Å². The van der Waals surface area contributed by atoms with Crippen LogP contribution in [-0.2, 0) is 0 Å². The number of aromatic amines is 1. The molecule has 1 aliphatic rings. The number of rotatable bonds is 2. The zero-order chi connectivity index (χ0) is 16.8. The third-order valence-electron chi connectivity index (χ3n) is 4.53. The molecule has 2 aromatic carbocycles. The maximum atomic E-state index is 12.6. The SMILES string of the molecule is Cc1ccc(-c2n[nH]c3c2[C@@H](c2ccc(O)cc2)N(C)C3=O)cc1. The van der Waals surface area contributed by atoms with E-state index in [2.05, 4.69) is 10.2 Å². The van der Waals surface area contributed by atoms with Crippen LogP contribution in [0.2, 0.25) is 0 Å². The van der Waals surface area contributed by atoms with Gasteiger partial charge in [-0.3, -0.25) is 9.89 Å². The lowest BCUT2D eigenvalue weighted by Crippen LogP contribution is -2.24. The maximum Gasteiger partial charge on any atom is 0.272 e. The molecule has 3 aromatic rings. The molecule has 0 radical (unpaired) electrons. The number of fused-ring (bicyclic) bond motifs is 1. The van der Waals surface area contributed by atoms with Crippen molar-refractivity contribution >= 4 is 5.91 Å². The Kier molecular flexibility index (Phi) is 3.16. The van der Waals surface area contributed by atoms with Crippen molar-refractivity contribution in [3.63, 3.8) is 0 Å². The van der Waals surface area contributed by atoms with Crippen molar-refractivity contribution in [2.24, 2.45) is 0 Å². The summed E-state index contributed by atoms with van der Waals surface area (Å²) in [7, 11) is 1.78. The third-order valence-corrected chi connectivity index (χ3v) is 4.53. The number of nitrogens with one attached hydrogen (secondary N) is 1. The lowest BCUT2D eigenvalue weighted by Gasteiger charge is -2.22. The smallest absolute Gasteiger partial charge is 0.272 e. The molecule has 0 bridgehead atoms. The van der Waals surface area contributed by atoms with Crippen molar-refractivity contribution in [2.45, 2.75) is 13.0 Å². The normalized spacial score (nSPS) is 16.5. The van der Waals surface area contributed by atoms with E-state index in [9.17, 15) is 9.90 Å². The predicted octanol–water partition coefficient (Wildman–Crippen LogP) is 3.27. The molecule has 120 valence electrons. The molecule has 24 heavy (non-hydrogen) atoms. The topological polar surface area (TPSA) is 69.2 Å². The van der Waals surface area contributed by atoms with Crippen molar-refractivity contribution in [2.75, 3.05) is 7.05 Å². The Morgan fingerprint density at radius 3 is 2.42 bits per heavy atom. The van der Waals surface area contributed by atoms with Gasteiger partial charge in [-0.2, -0.15) is 5.10 Å². The second kappa shape index (κ2) is 5.23. The van der Waals surface area contributed by atoms with Gasteiger partial charge >= 0.3 is 0 Å². The number of carbonyl (C=O) groups is 1. The summed E-state index contributed by atoms with van der Waals surface area (Å²) in [6.07, 6.45) is 0. The highest BCUT2D eigenvalue weighted by molar-refractivity contribution is 6.00. The van der Waals surface area contributed by atoms with E-state index in [-0.39, 0.29) is 17.7 Å². The minimum absolute atomic E-state index is 0.0751. The van der Waals surface area contributed by atoms with E-state index in [4.69, 9.17) is 0 Å². The number of benzene rings is 2. The number of hydrogen-bond acceptors (Lipinski definition) is 3. The van der Waals surface area contributed by atoms with E-state index in [1.807, 2.05) is 43.3 Å². The van der Waals surface area contributed by atoms with Gasteiger partial charge < -0.3 is 10.0 Å². The number of hydrogen-bond donors (Lipinski definition) is 2. The summed E-state index contributed by atoms with van der Waals surface area (Å²) in [5, 5.41) is 16.8. The van der Waals surface area contributed by atoms with Crippen molar-refractivity contribution < 1.29 is 9.90 Å². The van der Waals surface area contributed by atoms with Crippen molar-refractivity contribution in [1.82, 2.24) is 15.1 Å². The van der Waals surface area contributed by atoms with Crippen molar-refractivity contribution in [3.05, 3.63) is 70.9 Å². The van der Waals surface area contributed by atoms with Gasteiger partial charge in [0, 0.05) is 18.2 Å². The van der Waals surface area contributed by atoms with Gasteiger partial charge in [0.25, 0.3) is 5.91 Å². The first-order chi connectivity index (χ1) is 11.6. The zero-order valence-electron chi connectivity index (χ0n) is 13.4. The molecule has 1 aliphatic heterocycles. The first kappa shape index (κ1) is 14.5. The first-order valence-electron chi connectivity index (χ1n) is 7.77. The molecular weight excluding hydrogens is 302 g/mol. The average Bonchev–Trinajstić information content (AvgIpc) is 3.10. The Labute approximate surface area is 139 Å². The van der Waals surface area contributed by atoms with E-state index in [1.54, 1.807) is 24.1 Å². The molecule has 2 N–H and O–H groups in total. The Hall–Kier alpha value is -3.08. The van der Waals surface area contributed by atoms with Crippen LogP contribution in [0.5, 0.6) is 5.75 Å². The maximum absolute atomic E-state index is 12.6. The second-order valence-corrected chi connectivity index (χ2v) is 6.14. The van der Waals surface area contributed by atoms with Crippen LogP contribution >= 0.6 is 0 Å². The monoisotopic (exact) mass is 319 g/mol. The van der Waals surface area contributed by atoms with E-state index in [0.717, 1.165) is 22.4 Å². The number of phenols is 1. The van der Waals surface area contributed by atoms with Crippen LogP contribution in [0.15, 0.2) is 48.5 Å². The van der Waals surface area contributed by atoms with E-state index >= 15 is 0 Å². The summed E-state index contributed by atoms with van der Waals surface area (Å²) in [6, 6.07) is 14.8. The minimum atomic E-state index is -0.219. The summed E-state index contributed by atoms with van der Waals surface area (Å²) >= 11 is 0. The molecule has 1 amide bonds. The Morgan fingerprint density at radius 2 is 1.75 bits per heavy atom. The first-order valence-corrected chi connectivity index (χ1v) is 7.77. The van der Waals surface area contributed by atoms with Crippen molar-refractivity contribution in [1.29, 1.82) is 0 Å². The number of amides is 1. The molecule has 0 fully saturated rings. The molecule has 1 atom stereocenters. The Bertz CT molecular complexity index is 911. The molecule has 5 nitrogen and oxygen atoms in total. The zero-order valence-corrected chi connectivity index (χ0v) is 13.4. The predicted molar refractivity (Wildman–Crippen MR) is 90.8 cm³/mol. The summed E-state index contributed by atoms with van der Waals surface area (Å²) < 4.78 is 0. The van der Waals surface area contributed by atoms with Crippen LogP contribution in [0.4, 0.5) is 0 Å². The van der Waals surface area contributed by atoms with Crippen molar-refractivity contribution in [3.8, 4) is 17.0 Å². The van der Waals surface area contributed by atoms with Gasteiger partial charge in [-0.1, -0.05) is 42.0 Å². The summed E-state index contributed by atoms with van der Waals surface area (Å²) in [6.45, 7) is 2.04. The number of aromatic nitrogens is 2. The van der Waals surface area contributed by atoms with Crippen LogP contribution in [-0.4, -0.2) is 33.2 Å². The molecule has 4 rings (SSSR count). The standard InChI is InChI=1S/C19H17N3O2/c1-11-3-5-12(6-4-11)16-15-17(21-20-16)19(24)22(2)18(15)13-7-9-14(23)10-8-13/h3-10,18,23H,1-2H3,(H,20,21)/t18-/m1/s1. The highest BCUT2D eigenvalue weighted by atomic mass is 16.3. The van der Waals surface area contributed by atoms with Crippen LogP contribution in [0.3, 0.4) is 0 Å². The largest absolute Gasteiger partial charge is 0.508 e. The quantitative estimate of drug-likeness (QED) is 0.761. The van der Waals surface area contributed by atoms with Gasteiger partial charge in [0.1, 0.15) is 11.4 Å². The fourth-order valence-corrected chi connectivity index (χ4v) is 3.25. The third kappa shape index (κ3) is 2.09. The number of H-pyrrole nitrogens is 1. The Balaban J connectivity index is 1.88. The van der Waals surface area contributed by atoms with Crippen LogP contribution < -0.4 is 0 Å². The molecule has 1 aromatic heterocycles. The van der Waals surface area contributed by atoms with E-state index in [1.165, 1.54) is 5.56 Å². The lowest BCUT2D eigenvalue weighted by molar-refractivity contribution is 0.0788. The molecule has 0 saturated carbocycles. The molecule has 2 heterocycles. The molecule has 0 saturated heterocycles. The molecule has 0 aliphatic carbocycles.